The van der Waals surface area contributed by atoms with Gasteiger partial charge in [-0.1, -0.05) is 12.1 Å². The fourth-order valence-corrected chi connectivity index (χ4v) is 2.66. The summed E-state index contributed by atoms with van der Waals surface area (Å²) < 4.78 is 1.85. The minimum Gasteiger partial charge on any atom is -0.336 e. The summed E-state index contributed by atoms with van der Waals surface area (Å²) in [6, 6.07) is 12.2. The number of nitrogens with one attached hydrogen (secondary N) is 2. The number of hydrogen-bond donors (Lipinski definition) is 2. The van der Waals surface area contributed by atoms with E-state index in [0.717, 1.165) is 5.65 Å². The highest BCUT2D eigenvalue weighted by Gasteiger charge is 2.16. The van der Waals surface area contributed by atoms with Crippen LogP contribution in [0, 0.1) is 0 Å². The van der Waals surface area contributed by atoms with Crippen LogP contribution in [0.15, 0.2) is 48.7 Å². The highest BCUT2D eigenvalue weighted by molar-refractivity contribution is 5.96. The van der Waals surface area contributed by atoms with Crippen LogP contribution in [0.25, 0.3) is 5.65 Å². The largest absolute Gasteiger partial charge is 0.336 e. The summed E-state index contributed by atoms with van der Waals surface area (Å²) in [4.78, 5) is 26.2. The lowest BCUT2D eigenvalue weighted by molar-refractivity contribution is 0.0781. The molecule has 8 heteroatoms. The van der Waals surface area contributed by atoms with E-state index in [-0.39, 0.29) is 18.0 Å². The van der Waals surface area contributed by atoms with Gasteiger partial charge in [-0.05, 0) is 44.2 Å². The van der Waals surface area contributed by atoms with Gasteiger partial charge in [0, 0.05) is 30.5 Å². The Morgan fingerprint density at radius 1 is 1.15 bits per heavy atom. The van der Waals surface area contributed by atoms with E-state index in [9.17, 15) is 9.59 Å². The molecule has 0 aliphatic carbocycles. The van der Waals surface area contributed by atoms with Gasteiger partial charge in [-0.25, -0.2) is 4.79 Å². The minimum atomic E-state index is -0.308. The van der Waals surface area contributed by atoms with Crippen LogP contribution < -0.4 is 10.6 Å². The van der Waals surface area contributed by atoms with E-state index in [1.165, 1.54) is 0 Å². The smallest absolute Gasteiger partial charge is 0.319 e. The first-order valence-corrected chi connectivity index (χ1v) is 8.65. The molecule has 0 spiro atoms. The van der Waals surface area contributed by atoms with E-state index in [0.29, 0.717) is 23.6 Å². The Morgan fingerprint density at radius 2 is 1.96 bits per heavy atom. The van der Waals surface area contributed by atoms with E-state index in [2.05, 4.69) is 20.8 Å². The van der Waals surface area contributed by atoms with Gasteiger partial charge in [0.1, 0.15) is 0 Å². The maximum Gasteiger partial charge on any atom is 0.319 e. The van der Waals surface area contributed by atoms with Crippen LogP contribution in [0.4, 0.5) is 10.5 Å². The lowest BCUT2D eigenvalue weighted by Crippen LogP contribution is -2.34. The topological polar surface area (TPSA) is 91.6 Å². The zero-order chi connectivity index (χ0) is 19.4. The molecule has 0 aliphatic heterocycles. The average Bonchev–Trinajstić information content (AvgIpc) is 3.03. The molecule has 2 N–H and O–H groups in total. The number of benzene rings is 1. The fraction of sp³-hybridized carbons (Fsp3) is 0.263. The maximum atomic E-state index is 12.8. The molecule has 3 rings (SSSR count). The number of fused-ring (bicyclic) bond motifs is 1. The summed E-state index contributed by atoms with van der Waals surface area (Å²) in [5, 5.41) is 13.7. The minimum absolute atomic E-state index is 0.0268. The molecule has 0 fully saturated rings. The van der Waals surface area contributed by atoms with E-state index >= 15 is 0 Å². The summed E-state index contributed by atoms with van der Waals surface area (Å²) in [5.41, 5.74) is 1.77. The first kappa shape index (κ1) is 18.4. The van der Waals surface area contributed by atoms with Crippen molar-refractivity contribution >= 4 is 23.3 Å². The predicted molar refractivity (Wildman–Crippen MR) is 103 cm³/mol. The summed E-state index contributed by atoms with van der Waals surface area (Å²) in [6.07, 6.45) is 1.86. The van der Waals surface area contributed by atoms with Gasteiger partial charge in [0.25, 0.3) is 5.91 Å². The molecule has 2 aromatic heterocycles. The molecule has 3 aromatic rings. The standard InChI is InChI=1S/C19H22N6O2/c1-13(2)20-19(27)21-15-8-6-7-14(11-15)18(26)24(3)12-17-23-22-16-9-4-5-10-25(16)17/h4-11,13H,12H2,1-3H3,(H2,20,21,27). The quantitative estimate of drug-likeness (QED) is 0.726. The third kappa shape index (κ3) is 4.41. The highest BCUT2D eigenvalue weighted by Crippen LogP contribution is 2.14. The molecule has 8 nitrogen and oxygen atoms in total. The van der Waals surface area contributed by atoms with Crippen molar-refractivity contribution in [2.45, 2.75) is 26.4 Å². The number of aromatic nitrogens is 3. The van der Waals surface area contributed by atoms with Crippen LogP contribution in [0.2, 0.25) is 0 Å². The molecule has 3 amide bonds. The summed E-state index contributed by atoms with van der Waals surface area (Å²) in [6.45, 7) is 4.07. The number of carbonyl (C=O) groups excluding carboxylic acids is 2. The second kappa shape index (κ2) is 7.86. The van der Waals surface area contributed by atoms with Crippen molar-refractivity contribution in [3.05, 3.63) is 60.0 Å². The monoisotopic (exact) mass is 366 g/mol. The molecule has 0 aliphatic rings. The molecular weight excluding hydrogens is 344 g/mol. The van der Waals surface area contributed by atoms with Crippen LogP contribution >= 0.6 is 0 Å². The van der Waals surface area contributed by atoms with Crippen molar-refractivity contribution in [2.24, 2.45) is 0 Å². The Bertz CT molecular complexity index is 965. The van der Waals surface area contributed by atoms with Gasteiger partial charge in [0.2, 0.25) is 0 Å². The fourth-order valence-electron chi connectivity index (χ4n) is 2.66. The van der Waals surface area contributed by atoms with Crippen LogP contribution in [0.5, 0.6) is 0 Å². The van der Waals surface area contributed by atoms with Crippen LogP contribution in [-0.4, -0.2) is 44.5 Å². The van der Waals surface area contributed by atoms with Crippen LogP contribution in [0.3, 0.4) is 0 Å². The predicted octanol–water partition coefficient (Wildman–Crippen LogP) is 2.53. The number of hydrogen-bond acceptors (Lipinski definition) is 4. The van der Waals surface area contributed by atoms with Gasteiger partial charge in [-0.15, -0.1) is 10.2 Å². The number of amides is 3. The number of carbonyl (C=O) groups is 2. The van der Waals surface area contributed by atoms with Crippen molar-refractivity contribution in [1.82, 2.24) is 24.8 Å². The first-order chi connectivity index (χ1) is 12.9. The molecule has 0 saturated heterocycles. The second-order valence-corrected chi connectivity index (χ2v) is 6.54. The van der Waals surface area contributed by atoms with Crippen molar-refractivity contribution < 1.29 is 9.59 Å². The molecule has 0 saturated carbocycles. The van der Waals surface area contributed by atoms with E-state index < -0.39 is 0 Å². The summed E-state index contributed by atoms with van der Waals surface area (Å²) in [7, 11) is 1.71. The van der Waals surface area contributed by atoms with Crippen molar-refractivity contribution in [3.63, 3.8) is 0 Å². The molecule has 140 valence electrons. The van der Waals surface area contributed by atoms with Crippen molar-refractivity contribution in [2.75, 3.05) is 12.4 Å². The van der Waals surface area contributed by atoms with Crippen LogP contribution in [0.1, 0.15) is 30.0 Å². The molecule has 0 atom stereocenters. The second-order valence-electron chi connectivity index (χ2n) is 6.54. The van der Waals surface area contributed by atoms with Gasteiger partial charge in [-0.3, -0.25) is 9.20 Å². The Balaban J connectivity index is 1.71. The van der Waals surface area contributed by atoms with Gasteiger partial charge in [0.15, 0.2) is 11.5 Å². The molecule has 0 radical (unpaired) electrons. The number of urea groups is 1. The molecule has 0 bridgehead atoms. The van der Waals surface area contributed by atoms with Gasteiger partial charge < -0.3 is 15.5 Å². The molecular formula is C19H22N6O2. The highest BCUT2D eigenvalue weighted by atomic mass is 16.2. The molecule has 1 aromatic carbocycles. The zero-order valence-electron chi connectivity index (χ0n) is 15.5. The van der Waals surface area contributed by atoms with Gasteiger partial charge in [-0.2, -0.15) is 0 Å². The first-order valence-electron chi connectivity index (χ1n) is 8.65. The van der Waals surface area contributed by atoms with E-state index in [1.807, 2.05) is 42.6 Å². The number of anilines is 1. The zero-order valence-corrected chi connectivity index (χ0v) is 15.5. The Morgan fingerprint density at radius 3 is 2.74 bits per heavy atom. The van der Waals surface area contributed by atoms with Gasteiger partial charge >= 0.3 is 6.03 Å². The Kier molecular flexibility index (Phi) is 5.35. The Labute approximate surface area is 157 Å². The number of rotatable bonds is 5. The van der Waals surface area contributed by atoms with Crippen molar-refractivity contribution in [1.29, 1.82) is 0 Å². The third-order valence-electron chi connectivity index (χ3n) is 3.90. The van der Waals surface area contributed by atoms with Crippen LogP contribution in [-0.2, 0) is 6.54 Å². The number of pyridine rings is 1. The number of nitrogens with zero attached hydrogens (tertiary/aromatic N) is 4. The Hall–Kier alpha value is -3.42. The van der Waals surface area contributed by atoms with Crippen molar-refractivity contribution in [3.8, 4) is 0 Å². The summed E-state index contributed by atoms with van der Waals surface area (Å²) >= 11 is 0. The summed E-state index contributed by atoms with van der Waals surface area (Å²) in [5.74, 6) is 0.502. The lowest BCUT2D eigenvalue weighted by Gasteiger charge is -2.17. The van der Waals surface area contributed by atoms with E-state index in [1.54, 1.807) is 36.2 Å². The van der Waals surface area contributed by atoms with E-state index in [4.69, 9.17) is 0 Å². The molecule has 27 heavy (non-hydrogen) atoms. The lowest BCUT2D eigenvalue weighted by atomic mass is 10.1. The SMILES string of the molecule is CC(C)NC(=O)Nc1cccc(C(=O)N(C)Cc2nnc3ccccn23)c1. The normalized spacial score (nSPS) is 10.8. The molecule has 0 unspecified atom stereocenters. The third-order valence-corrected chi connectivity index (χ3v) is 3.90. The average molecular weight is 366 g/mol. The maximum absolute atomic E-state index is 12.8. The molecule has 2 heterocycles. The van der Waals surface area contributed by atoms with Gasteiger partial charge in [0.05, 0.1) is 6.54 Å².